The molecule has 2 N–H and O–H groups in total. The van der Waals surface area contributed by atoms with Crippen molar-refractivity contribution in [3.63, 3.8) is 0 Å². The van der Waals surface area contributed by atoms with Gasteiger partial charge in [0.25, 0.3) is 0 Å². The number of benzene rings is 1. The molecular formula is C14H21NO3. The molecule has 1 aliphatic heterocycles. The molecule has 0 saturated carbocycles. The molecule has 1 aromatic rings. The number of aromatic hydroxyl groups is 1. The Bertz CT molecular complexity index is 381. The molecule has 0 bridgehead atoms. The molecule has 0 spiro atoms. The highest BCUT2D eigenvalue weighted by Crippen LogP contribution is 2.34. The average molecular weight is 251 g/mol. The Balaban J connectivity index is 1.73. The van der Waals surface area contributed by atoms with Crippen LogP contribution in [0.3, 0.4) is 0 Å². The van der Waals surface area contributed by atoms with Gasteiger partial charge in [0.1, 0.15) is 18.1 Å². The van der Waals surface area contributed by atoms with Crippen molar-refractivity contribution in [3.8, 4) is 11.5 Å². The zero-order valence-electron chi connectivity index (χ0n) is 10.8. The average Bonchev–Trinajstić information content (AvgIpc) is 2.76. The van der Waals surface area contributed by atoms with Gasteiger partial charge in [-0.1, -0.05) is 6.92 Å². The maximum absolute atomic E-state index is 9.36. The molecule has 1 heterocycles. The van der Waals surface area contributed by atoms with E-state index in [0.717, 1.165) is 43.9 Å². The molecule has 4 heteroatoms. The number of rotatable bonds is 7. The fourth-order valence-corrected chi connectivity index (χ4v) is 2.06. The molecule has 1 aliphatic rings. The molecule has 0 radical (unpaired) electrons. The van der Waals surface area contributed by atoms with Crippen molar-refractivity contribution >= 4 is 0 Å². The van der Waals surface area contributed by atoms with Gasteiger partial charge < -0.3 is 19.9 Å². The van der Waals surface area contributed by atoms with Crippen LogP contribution in [-0.4, -0.2) is 31.5 Å². The molecule has 1 atom stereocenters. The van der Waals surface area contributed by atoms with Gasteiger partial charge >= 0.3 is 0 Å². The molecular weight excluding hydrogens is 230 g/mol. The van der Waals surface area contributed by atoms with Crippen molar-refractivity contribution in [3.05, 3.63) is 23.8 Å². The van der Waals surface area contributed by atoms with Crippen LogP contribution in [0.5, 0.6) is 11.5 Å². The van der Waals surface area contributed by atoms with Gasteiger partial charge in [0, 0.05) is 24.8 Å². The van der Waals surface area contributed by atoms with Crippen LogP contribution in [0.15, 0.2) is 18.2 Å². The molecule has 4 nitrogen and oxygen atoms in total. The zero-order valence-corrected chi connectivity index (χ0v) is 10.8. The van der Waals surface area contributed by atoms with Gasteiger partial charge in [-0.05, 0) is 31.5 Å². The third kappa shape index (κ3) is 3.37. The van der Waals surface area contributed by atoms with E-state index in [4.69, 9.17) is 9.47 Å². The van der Waals surface area contributed by atoms with Crippen LogP contribution in [0.2, 0.25) is 0 Å². The first-order valence-electron chi connectivity index (χ1n) is 6.58. The first-order chi connectivity index (χ1) is 8.81. The van der Waals surface area contributed by atoms with Crippen LogP contribution < -0.4 is 10.1 Å². The summed E-state index contributed by atoms with van der Waals surface area (Å²) in [5.41, 5.74) is 1.13. The molecule has 1 aromatic carbocycles. The van der Waals surface area contributed by atoms with Crippen molar-refractivity contribution in [2.45, 2.75) is 25.8 Å². The van der Waals surface area contributed by atoms with Gasteiger partial charge in [-0.15, -0.1) is 0 Å². The van der Waals surface area contributed by atoms with E-state index in [-0.39, 0.29) is 11.8 Å². The molecule has 0 aliphatic carbocycles. The minimum Gasteiger partial charge on any atom is -0.508 e. The Morgan fingerprint density at radius 3 is 3.17 bits per heavy atom. The van der Waals surface area contributed by atoms with Gasteiger partial charge in [0.2, 0.25) is 0 Å². The van der Waals surface area contributed by atoms with Crippen molar-refractivity contribution in [1.82, 2.24) is 5.32 Å². The Hall–Kier alpha value is -1.26. The maximum Gasteiger partial charge on any atom is 0.127 e. The molecule has 100 valence electrons. The molecule has 0 saturated heterocycles. The van der Waals surface area contributed by atoms with Crippen LogP contribution in [0, 0.1) is 0 Å². The summed E-state index contributed by atoms with van der Waals surface area (Å²) in [5.74, 6) is 1.04. The monoisotopic (exact) mass is 251 g/mol. The summed E-state index contributed by atoms with van der Waals surface area (Å²) in [6, 6.07) is 5.52. The van der Waals surface area contributed by atoms with Crippen molar-refractivity contribution < 1.29 is 14.6 Å². The first-order valence-corrected chi connectivity index (χ1v) is 6.58. The Morgan fingerprint density at radius 2 is 2.33 bits per heavy atom. The SMILES string of the molecule is CCCOCCCNC1COc2cc(O)ccc21. The third-order valence-corrected chi connectivity index (χ3v) is 2.98. The number of nitrogens with one attached hydrogen (secondary N) is 1. The summed E-state index contributed by atoms with van der Waals surface area (Å²) in [4.78, 5) is 0. The quantitative estimate of drug-likeness (QED) is 0.730. The van der Waals surface area contributed by atoms with Crippen LogP contribution in [0.4, 0.5) is 0 Å². The molecule has 0 fully saturated rings. The molecule has 0 amide bonds. The predicted octanol–water partition coefficient (Wildman–Crippen LogP) is 2.23. The molecule has 0 aromatic heterocycles. The second-order valence-corrected chi connectivity index (χ2v) is 4.51. The Morgan fingerprint density at radius 1 is 1.44 bits per heavy atom. The summed E-state index contributed by atoms with van der Waals surface area (Å²) in [6.45, 7) is 5.30. The van der Waals surface area contributed by atoms with E-state index in [9.17, 15) is 5.11 Å². The molecule has 1 unspecified atom stereocenters. The number of hydrogen-bond acceptors (Lipinski definition) is 4. The lowest BCUT2D eigenvalue weighted by molar-refractivity contribution is 0.131. The predicted molar refractivity (Wildman–Crippen MR) is 70.1 cm³/mol. The lowest BCUT2D eigenvalue weighted by atomic mass is 10.1. The summed E-state index contributed by atoms with van der Waals surface area (Å²) in [6.07, 6.45) is 2.07. The number of phenols is 1. The summed E-state index contributed by atoms with van der Waals surface area (Å²) in [7, 11) is 0. The maximum atomic E-state index is 9.36. The Labute approximate surface area is 108 Å². The van der Waals surface area contributed by atoms with E-state index in [0.29, 0.717) is 6.61 Å². The van der Waals surface area contributed by atoms with E-state index < -0.39 is 0 Å². The standard InChI is InChI=1S/C14H21NO3/c1-2-7-17-8-3-6-15-13-10-18-14-9-11(16)4-5-12(13)14/h4-5,9,13,15-16H,2-3,6-8,10H2,1H3. The van der Waals surface area contributed by atoms with Gasteiger partial charge in [0.15, 0.2) is 0 Å². The summed E-state index contributed by atoms with van der Waals surface area (Å²) >= 11 is 0. The second kappa shape index (κ2) is 6.61. The summed E-state index contributed by atoms with van der Waals surface area (Å²) < 4.78 is 11.0. The van der Waals surface area contributed by atoms with E-state index in [2.05, 4.69) is 12.2 Å². The number of fused-ring (bicyclic) bond motifs is 1. The highest BCUT2D eigenvalue weighted by atomic mass is 16.5. The minimum absolute atomic E-state index is 0.228. The van der Waals surface area contributed by atoms with Crippen molar-refractivity contribution in [2.75, 3.05) is 26.4 Å². The second-order valence-electron chi connectivity index (χ2n) is 4.51. The number of phenolic OH excluding ortho intramolecular Hbond substituents is 1. The Kier molecular flexibility index (Phi) is 4.84. The minimum atomic E-state index is 0.228. The van der Waals surface area contributed by atoms with Crippen molar-refractivity contribution in [1.29, 1.82) is 0 Å². The normalized spacial score (nSPS) is 17.5. The van der Waals surface area contributed by atoms with Crippen LogP contribution in [0.25, 0.3) is 0 Å². The van der Waals surface area contributed by atoms with Crippen LogP contribution in [-0.2, 0) is 4.74 Å². The van der Waals surface area contributed by atoms with E-state index in [1.54, 1.807) is 12.1 Å². The fraction of sp³-hybridized carbons (Fsp3) is 0.571. The van der Waals surface area contributed by atoms with Crippen molar-refractivity contribution in [2.24, 2.45) is 0 Å². The largest absolute Gasteiger partial charge is 0.508 e. The van der Waals surface area contributed by atoms with Gasteiger partial charge in [-0.3, -0.25) is 0 Å². The topological polar surface area (TPSA) is 50.7 Å². The zero-order chi connectivity index (χ0) is 12.8. The highest BCUT2D eigenvalue weighted by Gasteiger charge is 2.23. The lowest BCUT2D eigenvalue weighted by Gasteiger charge is -2.11. The van der Waals surface area contributed by atoms with Crippen LogP contribution >= 0.6 is 0 Å². The van der Waals surface area contributed by atoms with E-state index in [1.165, 1.54) is 0 Å². The molecule has 18 heavy (non-hydrogen) atoms. The van der Waals surface area contributed by atoms with Gasteiger partial charge in [-0.2, -0.15) is 0 Å². The first kappa shape index (κ1) is 13.2. The molecule has 2 rings (SSSR count). The van der Waals surface area contributed by atoms with E-state index >= 15 is 0 Å². The highest BCUT2D eigenvalue weighted by molar-refractivity contribution is 5.44. The number of hydrogen-bond donors (Lipinski definition) is 2. The smallest absolute Gasteiger partial charge is 0.127 e. The van der Waals surface area contributed by atoms with E-state index in [1.807, 2.05) is 6.07 Å². The third-order valence-electron chi connectivity index (χ3n) is 2.98. The summed E-state index contributed by atoms with van der Waals surface area (Å²) in [5, 5.41) is 12.8. The number of ether oxygens (including phenoxy) is 2. The van der Waals surface area contributed by atoms with Crippen LogP contribution in [0.1, 0.15) is 31.4 Å². The lowest BCUT2D eigenvalue weighted by Crippen LogP contribution is -2.24. The van der Waals surface area contributed by atoms with Gasteiger partial charge in [-0.25, -0.2) is 0 Å². The fourth-order valence-electron chi connectivity index (χ4n) is 2.06. The van der Waals surface area contributed by atoms with Gasteiger partial charge in [0.05, 0.1) is 6.04 Å².